The van der Waals surface area contributed by atoms with Crippen LogP contribution in [0.2, 0.25) is 0 Å². The fraction of sp³-hybridized carbons (Fsp3) is 0.800. The average molecular weight is 195 g/mol. The van der Waals surface area contributed by atoms with Crippen molar-refractivity contribution in [3.8, 4) is 0 Å². The second-order valence-electron chi connectivity index (χ2n) is 1.95. The summed E-state index contributed by atoms with van der Waals surface area (Å²) in [4.78, 5) is 0. The number of alkyl halides is 6. The maximum Gasteiger partial charge on any atom is 0.404 e. The SMILES string of the molecule is OCC[C](C(F)(F)F)C(F)(F)F. The van der Waals surface area contributed by atoms with Gasteiger partial charge in [0.25, 0.3) is 0 Å². The van der Waals surface area contributed by atoms with Crippen molar-refractivity contribution in [3.05, 3.63) is 5.92 Å². The minimum Gasteiger partial charge on any atom is -0.396 e. The van der Waals surface area contributed by atoms with Crippen LogP contribution in [0.5, 0.6) is 0 Å². The quantitative estimate of drug-likeness (QED) is 0.668. The number of aliphatic hydroxyl groups is 1. The molecule has 0 aliphatic heterocycles. The molecule has 1 nitrogen and oxygen atoms in total. The third kappa shape index (κ3) is 3.29. The minimum atomic E-state index is -5.42. The van der Waals surface area contributed by atoms with Gasteiger partial charge in [0.15, 0.2) is 5.92 Å². The average Bonchev–Trinajstić information content (AvgIpc) is 1.77. The molecule has 0 saturated carbocycles. The van der Waals surface area contributed by atoms with E-state index >= 15 is 0 Å². The van der Waals surface area contributed by atoms with Gasteiger partial charge in [-0.1, -0.05) is 0 Å². The molecule has 0 aromatic heterocycles. The zero-order valence-corrected chi connectivity index (χ0v) is 5.63. The fourth-order valence-electron chi connectivity index (χ4n) is 0.556. The molecular formula is C5H5F6O. The van der Waals surface area contributed by atoms with E-state index in [1.165, 1.54) is 0 Å². The van der Waals surface area contributed by atoms with Crippen LogP contribution < -0.4 is 0 Å². The van der Waals surface area contributed by atoms with Crippen molar-refractivity contribution in [1.82, 2.24) is 0 Å². The molecule has 0 aromatic carbocycles. The zero-order chi connectivity index (χ0) is 9.99. The molecular weight excluding hydrogens is 190 g/mol. The molecule has 1 N–H and O–H groups in total. The summed E-state index contributed by atoms with van der Waals surface area (Å²) in [5.74, 6) is -2.56. The van der Waals surface area contributed by atoms with Crippen LogP contribution in [0.4, 0.5) is 26.3 Å². The van der Waals surface area contributed by atoms with Crippen molar-refractivity contribution in [2.75, 3.05) is 6.61 Å². The fourth-order valence-corrected chi connectivity index (χ4v) is 0.556. The number of rotatable bonds is 2. The van der Waals surface area contributed by atoms with Crippen LogP contribution in [0.15, 0.2) is 0 Å². The zero-order valence-electron chi connectivity index (χ0n) is 5.63. The molecule has 0 spiro atoms. The van der Waals surface area contributed by atoms with E-state index in [4.69, 9.17) is 5.11 Å². The van der Waals surface area contributed by atoms with Crippen molar-refractivity contribution in [3.63, 3.8) is 0 Å². The van der Waals surface area contributed by atoms with E-state index in [-0.39, 0.29) is 0 Å². The van der Waals surface area contributed by atoms with Gasteiger partial charge in [-0.3, -0.25) is 0 Å². The molecule has 0 unspecified atom stereocenters. The molecule has 0 saturated heterocycles. The van der Waals surface area contributed by atoms with E-state index in [1.807, 2.05) is 0 Å². The van der Waals surface area contributed by atoms with Crippen molar-refractivity contribution in [2.24, 2.45) is 0 Å². The van der Waals surface area contributed by atoms with Crippen LogP contribution >= 0.6 is 0 Å². The lowest BCUT2D eigenvalue weighted by atomic mass is 10.1. The third-order valence-corrected chi connectivity index (χ3v) is 1.05. The molecule has 1 radical (unpaired) electrons. The molecule has 0 fully saturated rings. The van der Waals surface area contributed by atoms with Gasteiger partial charge in [-0.25, -0.2) is 0 Å². The monoisotopic (exact) mass is 195 g/mol. The molecule has 0 bridgehead atoms. The van der Waals surface area contributed by atoms with Gasteiger partial charge in [0.05, 0.1) is 0 Å². The van der Waals surface area contributed by atoms with E-state index in [2.05, 4.69) is 0 Å². The Morgan fingerprint density at radius 3 is 1.33 bits per heavy atom. The Kier molecular flexibility index (Phi) is 3.37. The Bertz CT molecular complexity index is 122. The molecule has 0 aliphatic carbocycles. The number of hydrogen-bond donors (Lipinski definition) is 1. The first-order chi connectivity index (χ1) is 5.19. The second kappa shape index (κ2) is 3.51. The first-order valence-corrected chi connectivity index (χ1v) is 2.80. The highest BCUT2D eigenvalue weighted by molar-refractivity contribution is 5.04. The first kappa shape index (κ1) is 11.5. The Morgan fingerprint density at radius 2 is 1.25 bits per heavy atom. The highest BCUT2D eigenvalue weighted by Crippen LogP contribution is 2.42. The largest absolute Gasteiger partial charge is 0.404 e. The third-order valence-electron chi connectivity index (χ3n) is 1.05. The molecule has 73 valence electrons. The molecule has 0 aromatic rings. The Balaban J connectivity index is 4.45. The number of hydrogen-bond acceptors (Lipinski definition) is 1. The highest BCUT2D eigenvalue weighted by Gasteiger charge is 2.56. The summed E-state index contributed by atoms with van der Waals surface area (Å²) < 4.78 is 69.2. The summed E-state index contributed by atoms with van der Waals surface area (Å²) in [5, 5.41) is 7.94. The lowest BCUT2D eigenvalue weighted by Crippen LogP contribution is -2.34. The Morgan fingerprint density at radius 1 is 0.917 bits per heavy atom. The molecule has 7 heteroatoms. The van der Waals surface area contributed by atoms with Gasteiger partial charge in [-0.2, -0.15) is 26.3 Å². The Labute approximate surface area is 64.0 Å². The van der Waals surface area contributed by atoms with E-state index in [0.717, 1.165) is 0 Å². The molecule has 12 heavy (non-hydrogen) atoms. The molecule has 0 heterocycles. The van der Waals surface area contributed by atoms with Crippen LogP contribution in [0.25, 0.3) is 0 Å². The van der Waals surface area contributed by atoms with E-state index < -0.39 is 31.3 Å². The maximum absolute atomic E-state index is 11.5. The van der Waals surface area contributed by atoms with E-state index in [0.29, 0.717) is 0 Å². The van der Waals surface area contributed by atoms with Crippen LogP contribution in [-0.2, 0) is 0 Å². The number of halogens is 6. The van der Waals surface area contributed by atoms with Gasteiger partial charge < -0.3 is 5.11 Å². The normalized spacial score (nSPS) is 14.0. The van der Waals surface area contributed by atoms with Crippen LogP contribution in [-0.4, -0.2) is 24.1 Å². The summed E-state index contributed by atoms with van der Waals surface area (Å²) in [6.07, 6.45) is -12.3. The molecule has 0 aliphatic rings. The summed E-state index contributed by atoms with van der Waals surface area (Å²) in [5.41, 5.74) is 0. The van der Waals surface area contributed by atoms with E-state index in [9.17, 15) is 26.3 Å². The second-order valence-corrected chi connectivity index (χ2v) is 1.95. The van der Waals surface area contributed by atoms with Gasteiger partial charge in [0, 0.05) is 6.61 Å². The van der Waals surface area contributed by atoms with E-state index in [1.54, 1.807) is 0 Å². The summed E-state index contributed by atoms with van der Waals surface area (Å²) in [6, 6.07) is 0. The predicted molar refractivity (Wildman–Crippen MR) is 27.1 cm³/mol. The summed E-state index contributed by atoms with van der Waals surface area (Å²) >= 11 is 0. The lowest BCUT2D eigenvalue weighted by Gasteiger charge is -2.20. The number of aliphatic hydroxyl groups excluding tert-OH is 1. The minimum absolute atomic E-state index is 1.17. The van der Waals surface area contributed by atoms with Crippen molar-refractivity contribution in [2.45, 2.75) is 18.8 Å². The van der Waals surface area contributed by atoms with Gasteiger partial charge in [0.1, 0.15) is 0 Å². The van der Waals surface area contributed by atoms with Gasteiger partial charge >= 0.3 is 12.4 Å². The van der Waals surface area contributed by atoms with Crippen molar-refractivity contribution < 1.29 is 31.4 Å². The van der Waals surface area contributed by atoms with Crippen LogP contribution in [0.3, 0.4) is 0 Å². The van der Waals surface area contributed by atoms with Crippen molar-refractivity contribution in [1.29, 1.82) is 0 Å². The maximum atomic E-state index is 11.5. The van der Waals surface area contributed by atoms with Crippen molar-refractivity contribution >= 4 is 0 Å². The van der Waals surface area contributed by atoms with Gasteiger partial charge in [-0.15, -0.1) is 0 Å². The van der Waals surface area contributed by atoms with Crippen LogP contribution in [0.1, 0.15) is 6.42 Å². The first-order valence-electron chi connectivity index (χ1n) is 2.80. The lowest BCUT2D eigenvalue weighted by molar-refractivity contribution is -0.208. The summed E-state index contributed by atoms with van der Waals surface area (Å²) in [7, 11) is 0. The molecule has 0 amide bonds. The molecule has 0 atom stereocenters. The standard InChI is InChI=1S/C5H5F6O/c6-4(7,8)3(1-2-12)5(9,10)11/h12H,1-2H2. The van der Waals surface area contributed by atoms with Gasteiger partial charge in [-0.05, 0) is 6.42 Å². The van der Waals surface area contributed by atoms with Gasteiger partial charge in [0.2, 0.25) is 0 Å². The summed E-state index contributed by atoms with van der Waals surface area (Å²) in [6.45, 7) is -1.17. The molecule has 0 rings (SSSR count). The highest BCUT2D eigenvalue weighted by atomic mass is 19.4. The predicted octanol–water partition coefficient (Wildman–Crippen LogP) is 2.07. The Hall–Kier alpha value is -0.460. The topological polar surface area (TPSA) is 20.2 Å². The smallest absolute Gasteiger partial charge is 0.396 e. The van der Waals surface area contributed by atoms with Crippen LogP contribution in [0, 0.1) is 5.92 Å².